The molecule has 1 amide bonds. The van der Waals surface area contributed by atoms with Gasteiger partial charge in [0.05, 0.1) is 6.61 Å². The number of amides is 1. The van der Waals surface area contributed by atoms with E-state index in [1.165, 1.54) is 0 Å². The number of nitrogens with one attached hydrogen (secondary N) is 2. The first-order chi connectivity index (χ1) is 12.8. The zero-order chi connectivity index (χ0) is 18.2. The van der Waals surface area contributed by atoms with Crippen molar-refractivity contribution in [2.75, 3.05) is 13.2 Å². The topological polar surface area (TPSA) is 59.0 Å². The van der Waals surface area contributed by atoms with Crippen molar-refractivity contribution in [2.24, 2.45) is 0 Å². The second-order valence-corrected chi connectivity index (χ2v) is 6.16. The molecule has 134 valence electrons. The van der Waals surface area contributed by atoms with Gasteiger partial charge in [-0.05, 0) is 49.3 Å². The van der Waals surface area contributed by atoms with Gasteiger partial charge in [-0.3, -0.25) is 9.36 Å². The van der Waals surface area contributed by atoms with Crippen LogP contribution in [0.15, 0.2) is 66.9 Å². The van der Waals surface area contributed by atoms with Crippen molar-refractivity contribution in [1.82, 2.24) is 14.9 Å². The number of carbonyl (C=O) groups excluding carboxylic acids is 1. The van der Waals surface area contributed by atoms with E-state index in [0.29, 0.717) is 23.6 Å². The predicted molar refractivity (Wildman–Crippen MR) is 104 cm³/mol. The summed E-state index contributed by atoms with van der Waals surface area (Å²) < 4.78 is 7.88. The molecule has 0 saturated carbocycles. The van der Waals surface area contributed by atoms with Gasteiger partial charge in [0, 0.05) is 18.4 Å². The lowest BCUT2D eigenvalue weighted by atomic mass is 10.3. The van der Waals surface area contributed by atoms with E-state index < -0.39 is 0 Å². The molecule has 0 aliphatic rings. The molecule has 0 saturated heterocycles. The average Bonchev–Trinajstić information content (AvgIpc) is 3.07. The highest BCUT2D eigenvalue weighted by Gasteiger charge is 2.13. The molecule has 1 heterocycles. The fraction of sp³-hybridized carbons (Fsp3) is 0.200. The van der Waals surface area contributed by atoms with Crippen molar-refractivity contribution in [3.63, 3.8) is 0 Å². The lowest BCUT2D eigenvalue weighted by Crippen LogP contribution is -2.26. The number of hydrogen-bond donors (Lipinski definition) is 2. The van der Waals surface area contributed by atoms with Crippen LogP contribution in [0.5, 0.6) is 5.75 Å². The molecule has 0 atom stereocenters. The average molecular weight is 367 g/mol. The number of rotatable bonds is 8. The van der Waals surface area contributed by atoms with Crippen molar-refractivity contribution in [3.8, 4) is 11.4 Å². The summed E-state index contributed by atoms with van der Waals surface area (Å²) in [7, 11) is 0. The zero-order valence-electron chi connectivity index (χ0n) is 14.4. The molecule has 0 spiro atoms. The highest BCUT2D eigenvalue weighted by atomic mass is 32.1. The Balaban J connectivity index is 1.48. The minimum absolute atomic E-state index is 0.148. The lowest BCUT2D eigenvalue weighted by molar-refractivity contribution is 0.0945. The number of aromatic amines is 1. The quantitative estimate of drug-likeness (QED) is 0.465. The Kier molecular flexibility index (Phi) is 6.22. The fourth-order valence-corrected chi connectivity index (χ4v) is 2.86. The molecule has 5 nitrogen and oxygen atoms in total. The SMILES string of the molecule is O=C(NCCCCOc1ccccc1)c1c[nH]c(=S)n1-c1ccccc1. The summed E-state index contributed by atoms with van der Waals surface area (Å²) in [6, 6.07) is 19.3. The van der Waals surface area contributed by atoms with Gasteiger partial charge in [-0.2, -0.15) is 0 Å². The smallest absolute Gasteiger partial charge is 0.269 e. The van der Waals surface area contributed by atoms with Gasteiger partial charge in [-0.25, -0.2) is 0 Å². The first-order valence-electron chi connectivity index (χ1n) is 8.57. The molecule has 0 unspecified atom stereocenters. The van der Waals surface area contributed by atoms with Crippen LogP contribution in [0, 0.1) is 4.77 Å². The number of H-pyrrole nitrogens is 1. The van der Waals surface area contributed by atoms with Gasteiger partial charge in [-0.1, -0.05) is 36.4 Å². The van der Waals surface area contributed by atoms with Crippen LogP contribution in [0.3, 0.4) is 0 Å². The van der Waals surface area contributed by atoms with Crippen LogP contribution in [0.1, 0.15) is 23.3 Å². The van der Waals surface area contributed by atoms with Gasteiger partial charge in [0.2, 0.25) is 0 Å². The van der Waals surface area contributed by atoms with E-state index in [0.717, 1.165) is 24.3 Å². The number of carbonyl (C=O) groups is 1. The third kappa shape index (κ3) is 4.61. The molecule has 2 aromatic carbocycles. The second-order valence-electron chi connectivity index (χ2n) is 5.77. The molecule has 26 heavy (non-hydrogen) atoms. The Labute approximate surface area is 157 Å². The summed E-state index contributed by atoms with van der Waals surface area (Å²) in [6.45, 7) is 1.22. The Morgan fingerprint density at radius 1 is 1.04 bits per heavy atom. The highest BCUT2D eigenvalue weighted by Crippen LogP contribution is 2.12. The monoisotopic (exact) mass is 367 g/mol. The largest absolute Gasteiger partial charge is 0.494 e. The van der Waals surface area contributed by atoms with Crippen LogP contribution < -0.4 is 10.1 Å². The minimum Gasteiger partial charge on any atom is -0.494 e. The fourth-order valence-electron chi connectivity index (χ4n) is 2.60. The molecule has 0 aliphatic carbocycles. The molecular formula is C20H21N3O2S. The number of unbranched alkanes of at least 4 members (excludes halogenated alkanes) is 1. The molecular weight excluding hydrogens is 346 g/mol. The molecule has 0 bridgehead atoms. The predicted octanol–water partition coefficient (Wildman–Crippen LogP) is 4.12. The normalized spacial score (nSPS) is 10.5. The third-order valence-electron chi connectivity index (χ3n) is 3.89. The first kappa shape index (κ1) is 17.9. The summed E-state index contributed by atoms with van der Waals surface area (Å²) in [5.41, 5.74) is 1.36. The summed E-state index contributed by atoms with van der Waals surface area (Å²) >= 11 is 5.30. The van der Waals surface area contributed by atoms with Gasteiger partial charge >= 0.3 is 0 Å². The van der Waals surface area contributed by atoms with E-state index in [-0.39, 0.29) is 5.91 Å². The molecule has 3 aromatic rings. The first-order valence-corrected chi connectivity index (χ1v) is 8.98. The minimum atomic E-state index is -0.148. The molecule has 0 radical (unpaired) electrons. The summed E-state index contributed by atoms with van der Waals surface area (Å²) in [4.78, 5) is 15.4. The van der Waals surface area contributed by atoms with Crippen molar-refractivity contribution >= 4 is 18.1 Å². The van der Waals surface area contributed by atoms with E-state index in [9.17, 15) is 4.79 Å². The third-order valence-corrected chi connectivity index (χ3v) is 4.19. The van der Waals surface area contributed by atoms with Gasteiger partial charge < -0.3 is 15.0 Å². The number of benzene rings is 2. The Morgan fingerprint density at radius 2 is 1.73 bits per heavy atom. The summed E-state index contributed by atoms with van der Waals surface area (Å²) in [6.07, 6.45) is 3.35. The van der Waals surface area contributed by atoms with Crippen molar-refractivity contribution in [3.05, 3.63) is 77.3 Å². The maximum absolute atomic E-state index is 12.5. The van der Waals surface area contributed by atoms with Crippen molar-refractivity contribution < 1.29 is 9.53 Å². The van der Waals surface area contributed by atoms with E-state index in [2.05, 4.69) is 10.3 Å². The van der Waals surface area contributed by atoms with Gasteiger partial charge in [0.25, 0.3) is 5.91 Å². The zero-order valence-corrected chi connectivity index (χ0v) is 15.2. The van der Waals surface area contributed by atoms with Crippen LogP contribution in [0.4, 0.5) is 0 Å². The number of imidazole rings is 1. The maximum Gasteiger partial charge on any atom is 0.269 e. The van der Waals surface area contributed by atoms with Crippen LogP contribution in [0.2, 0.25) is 0 Å². The Hall–Kier alpha value is -2.86. The highest BCUT2D eigenvalue weighted by molar-refractivity contribution is 7.71. The number of para-hydroxylation sites is 2. The van der Waals surface area contributed by atoms with Gasteiger partial charge in [0.15, 0.2) is 4.77 Å². The van der Waals surface area contributed by atoms with Crippen LogP contribution >= 0.6 is 12.2 Å². The number of aromatic nitrogens is 2. The number of nitrogens with zero attached hydrogens (tertiary/aromatic N) is 1. The van der Waals surface area contributed by atoms with Crippen LogP contribution in [-0.4, -0.2) is 28.6 Å². The van der Waals surface area contributed by atoms with Gasteiger partial charge in [-0.15, -0.1) is 0 Å². The maximum atomic E-state index is 12.5. The van der Waals surface area contributed by atoms with E-state index >= 15 is 0 Å². The standard InChI is InChI=1S/C20H21N3O2S/c24-19(21-13-7-8-14-25-17-11-5-2-6-12-17)18-15-22-20(26)23(18)16-9-3-1-4-10-16/h1-6,9-12,15H,7-8,13-14H2,(H,21,24)(H,22,26). The lowest BCUT2D eigenvalue weighted by Gasteiger charge is -2.09. The molecule has 3 rings (SSSR count). The number of hydrogen-bond acceptors (Lipinski definition) is 3. The number of ether oxygens (including phenoxy) is 1. The molecule has 0 aliphatic heterocycles. The van der Waals surface area contributed by atoms with E-state index in [1.807, 2.05) is 60.7 Å². The van der Waals surface area contributed by atoms with Crippen LogP contribution in [-0.2, 0) is 0 Å². The molecule has 6 heteroatoms. The van der Waals surface area contributed by atoms with Gasteiger partial charge in [0.1, 0.15) is 11.4 Å². The Morgan fingerprint density at radius 3 is 2.46 bits per heavy atom. The molecule has 2 N–H and O–H groups in total. The van der Waals surface area contributed by atoms with Crippen molar-refractivity contribution in [2.45, 2.75) is 12.8 Å². The summed E-state index contributed by atoms with van der Waals surface area (Å²) in [5, 5.41) is 2.94. The van der Waals surface area contributed by atoms with Crippen LogP contribution in [0.25, 0.3) is 5.69 Å². The van der Waals surface area contributed by atoms with E-state index in [4.69, 9.17) is 17.0 Å². The molecule has 0 fully saturated rings. The van der Waals surface area contributed by atoms with Crippen molar-refractivity contribution in [1.29, 1.82) is 0 Å². The van der Waals surface area contributed by atoms with E-state index in [1.54, 1.807) is 10.8 Å². The Bertz CT molecular complexity index is 888. The second kappa shape index (κ2) is 9.01. The summed E-state index contributed by atoms with van der Waals surface area (Å²) in [5.74, 6) is 0.718. The molecule has 1 aromatic heterocycles.